The van der Waals surface area contributed by atoms with E-state index in [0.717, 1.165) is 0 Å². The highest BCUT2D eigenvalue weighted by Crippen LogP contribution is 2.50. The highest BCUT2D eigenvalue weighted by atomic mass is 16.3. The van der Waals surface area contributed by atoms with E-state index in [4.69, 9.17) is 0 Å². The van der Waals surface area contributed by atoms with Gasteiger partial charge in [-0.05, 0) is 33.6 Å². The first kappa shape index (κ1) is 15.6. The quantitative estimate of drug-likeness (QED) is 0.619. The second-order valence-corrected chi connectivity index (χ2v) is 7.80. The molecule has 2 aliphatic carbocycles. The third-order valence-electron chi connectivity index (χ3n) is 5.43. The van der Waals surface area contributed by atoms with Crippen molar-refractivity contribution in [3.05, 3.63) is 0 Å². The van der Waals surface area contributed by atoms with Crippen molar-refractivity contribution in [1.29, 1.82) is 0 Å². The van der Waals surface area contributed by atoms with Gasteiger partial charge in [-0.1, -0.05) is 0 Å². The molecule has 3 rings (SSSR count). The molecule has 2 saturated carbocycles. The molecule has 6 nitrogen and oxygen atoms in total. The number of aliphatic hydroxyl groups is 2. The molecule has 3 aliphatic rings. The fourth-order valence-corrected chi connectivity index (χ4v) is 4.51. The van der Waals surface area contributed by atoms with E-state index < -0.39 is 41.4 Å². The Labute approximate surface area is 129 Å². The average Bonchev–Trinajstić information content (AvgIpc) is 2.67. The molecule has 0 bridgehead atoms. The number of carbonyl (C=O) groups excluding carboxylic acids is 3. The number of carbonyl (C=O) groups is 3. The summed E-state index contributed by atoms with van der Waals surface area (Å²) >= 11 is 0. The summed E-state index contributed by atoms with van der Waals surface area (Å²) in [5, 5.41) is 20.3. The minimum absolute atomic E-state index is 0.0646. The van der Waals surface area contributed by atoms with Crippen LogP contribution in [-0.2, 0) is 14.4 Å². The van der Waals surface area contributed by atoms with E-state index in [1.165, 1.54) is 4.90 Å². The van der Waals surface area contributed by atoms with Crippen LogP contribution in [0.1, 0.15) is 40.0 Å². The summed E-state index contributed by atoms with van der Waals surface area (Å²) in [5.41, 5.74) is -0.622. The molecule has 1 aliphatic heterocycles. The maximum absolute atomic E-state index is 12.8. The molecule has 0 radical (unpaired) electrons. The van der Waals surface area contributed by atoms with E-state index in [1.807, 2.05) is 0 Å². The SMILES string of the molecule is CC(C)(C)N1C(=O)[C@H]2[C@H]3[C@H](O)[C@H](O)CC(=O)[C@@H]3CC[C@H]2C1=O. The first-order valence-corrected chi connectivity index (χ1v) is 7.91. The number of nitrogens with zero attached hydrogens (tertiary/aromatic N) is 1. The van der Waals surface area contributed by atoms with Gasteiger partial charge in [0.1, 0.15) is 5.78 Å². The third kappa shape index (κ3) is 2.04. The molecule has 0 aromatic heterocycles. The van der Waals surface area contributed by atoms with Crippen LogP contribution in [0, 0.1) is 23.7 Å². The summed E-state index contributed by atoms with van der Waals surface area (Å²) in [6.07, 6.45) is -1.32. The van der Waals surface area contributed by atoms with E-state index in [-0.39, 0.29) is 24.0 Å². The van der Waals surface area contributed by atoms with Gasteiger partial charge in [0.15, 0.2) is 0 Å². The molecule has 2 N–H and O–H groups in total. The summed E-state index contributed by atoms with van der Waals surface area (Å²) in [6, 6.07) is 0. The van der Waals surface area contributed by atoms with E-state index in [0.29, 0.717) is 12.8 Å². The summed E-state index contributed by atoms with van der Waals surface area (Å²) in [6.45, 7) is 5.40. The van der Waals surface area contributed by atoms with E-state index >= 15 is 0 Å². The first-order valence-electron chi connectivity index (χ1n) is 7.91. The molecule has 3 fully saturated rings. The Kier molecular flexibility index (Phi) is 3.45. The monoisotopic (exact) mass is 309 g/mol. The van der Waals surface area contributed by atoms with Gasteiger partial charge in [0.05, 0.1) is 24.0 Å². The van der Waals surface area contributed by atoms with Crippen molar-refractivity contribution in [3.8, 4) is 0 Å². The van der Waals surface area contributed by atoms with Crippen molar-refractivity contribution in [2.75, 3.05) is 0 Å². The number of rotatable bonds is 0. The van der Waals surface area contributed by atoms with Crippen molar-refractivity contribution < 1.29 is 24.6 Å². The molecule has 22 heavy (non-hydrogen) atoms. The van der Waals surface area contributed by atoms with Crippen molar-refractivity contribution in [2.45, 2.75) is 57.8 Å². The van der Waals surface area contributed by atoms with E-state index in [9.17, 15) is 24.6 Å². The second-order valence-electron chi connectivity index (χ2n) is 7.80. The summed E-state index contributed by atoms with van der Waals surface area (Å²) in [7, 11) is 0. The van der Waals surface area contributed by atoms with Gasteiger partial charge < -0.3 is 10.2 Å². The molecule has 2 amide bonds. The number of aliphatic hydroxyl groups excluding tert-OH is 2. The van der Waals surface area contributed by atoms with Gasteiger partial charge in [-0.25, -0.2) is 0 Å². The number of ketones is 1. The number of imide groups is 1. The lowest BCUT2D eigenvalue weighted by Gasteiger charge is -2.44. The lowest BCUT2D eigenvalue weighted by Crippen LogP contribution is -2.54. The van der Waals surface area contributed by atoms with E-state index in [1.54, 1.807) is 20.8 Å². The summed E-state index contributed by atoms with van der Waals surface area (Å²) in [5.74, 6) is -2.83. The van der Waals surface area contributed by atoms with Crippen LogP contribution < -0.4 is 0 Å². The maximum Gasteiger partial charge on any atom is 0.233 e. The minimum atomic E-state index is -1.14. The van der Waals surface area contributed by atoms with Crippen molar-refractivity contribution in [1.82, 2.24) is 4.90 Å². The van der Waals surface area contributed by atoms with Crippen molar-refractivity contribution in [3.63, 3.8) is 0 Å². The zero-order chi connectivity index (χ0) is 16.4. The molecule has 6 atom stereocenters. The van der Waals surface area contributed by atoms with Gasteiger partial charge in [-0.15, -0.1) is 0 Å². The van der Waals surface area contributed by atoms with Gasteiger partial charge in [-0.2, -0.15) is 0 Å². The zero-order valence-electron chi connectivity index (χ0n) is 13.2. The van der Waals surface area contributed by atoms with Gasteiger partial charge >= 0.3 is 0 Å². The smallest absolute Gasteiger partial charge is 0.233 e. The number of Topliss-reactive ketones (excluding diaryl/α,β-unsaturated/α-hetero) is 1. The molecule has 6 heteroatoms. The number of likely N-dealkylation sites (tertiary alicyclic amines) is 1. The number of hydrogen-bond donors (Lipinski definition) is 2. The third-order valence-corrected chi connectivity index (χ3v) is 5.43. The first-order chi connectivity index (χ1) is 10.1. The van der Waals surface area contributed by atoms with Gasteiger partial charge in [0.25, 0.3) is 0 Å². The minimum Gasteiger partial charge on any atom is -0.390 e. The zero-order valence-corrected chi connectivity index (χ0v) is 13.2. The standard InChI is InChI=1S/C16H23NO5/c1-16(2,3)17-14(21)8-5-4-7-9(18)6-10(19)13(20)11(7)12(8)15(17)22/h7-8,10-13,19-20H,4-6H2,1-3H3/t7-,8+,10+,11-,12+,13+/m0/s1. The predicted octanol–water partition coefficient (Wildman–Crippen LogP) is 0.107. The number of amides is 2. The van der Waals surface area contributed by atoms with E-state index in [2.05, 4.69) is 0 Å². The highest BCUT2D eigenvalue weighted by Gasteiger charge is 2.61. The molecule has 0 aromatic rings. The van der Waals surface area contributed by atoms with Crippen molar-refractivity contribution in [2.24, 2.45) is 23.7 Å². The van der Waals surface area contributed by atoms with Crippen LogP contribution >= 0.6 is 0 Å². The van der Waals surface area contributed by atoms with Crippen LogP contribution in [0.25, 0.3) is 0 Å². The fourth-order valence-electron chi connectivity index (χ4n) is 4.51. The predicted molar refractivity (Wildman–Crippen MR) is 76.4 cm³/mol. The fraction of sp³-hybridized carbons (Fsp3) is 0.812. The molecular weight excluding hydrogens is 286 g/mol. The molecule has 0 unspecified atom stereocenters. The molecule has 1 heterocycles. The summed E-state index contributed by atoms with van der Waals surface area (Å²) < 4.78 is 0. The lowest BCUT2D eigenvalue weighted by molar-refractivity contribution is -0.156. The van der Waals surface area contributed by atoms with Crippen LogP contribution in [0.5, 0.6) is 0 Å². The van der Waals surface area contributed by atoms with Crippen LogP contribution in [0.15, 0.2) is 0 Å². The van der Waals surface area contributed by atoms with Crippen LogP contribution in [0.4, 0.5) is 0 Å². The molecule has 0 spiro atoms. The van der Waals surface area contributed by atoms with Gasteiger partial charge in [0, 0.05) is 23.8 Å². The topological polar surface area (TPSA) is 94.9 Å². The van der Waals surface area contributed by atoms with Gasteiger partial charge in [-0.3, -0.25) is 19.3 Å². The Bertz CT molecular complexity index is 537. The Morgan fingerprint density at radius 2 is 1.59 bits per heavy atom. The lowest BCUT2D eigenvalue weighted by atomic mass is 9.60. The molecule has 122 valence electrons. The van der Waals surface area contributed by atoms with Crippen LogP contribution in [0.3, 0.4) is 0 Å². The maximum atomic E-state index is 12.8. The second kappa shape index (κ2) is 4.86. The Hall–Kier alpha value is -1.27. The largest absolute Gasteiger partial charge is 0.390 e. The van der Waals surface area contributed by atoms with Crippen LogP contribution in [-0.4, -0.2) is 50.5 Å². The molecule has 0 aromatic carbocycles. The highest BCUT2D eigenvalue weighted by molar-refractivity contribution is 6.06. The average molecular weight is 309 g/mol. The molecule has 1 saturated heterocycles. The summed E-state index contributed by atoms with van der Waals surface area (Å²) in [4.78, 5) is 38.9. The van der Waals surface area contributed by atoms with Gasteiger partial charge in [0.2, 0.25) is 11.8 Å². The van der Waals surface area contributed by atoms with Crippen LogP contribution in [0.2, 0.25) is 0 Å². The Balaban J connectivity index is 2.00. The Morgan fingerprint density at radius 3 is 2.18 bits per heavy atom. The number of hydrogen-bond acceptors (Lipinski definition) is 5. The Morgan fingerprint density at radius 1 is 1.00 bits per heavy atom. The normalized spacial score (nSPS) is 42.4. The molecular formula is C16H23NO5. The van der Waals surface area contributed by atoms with Crippen molar-refractivity contribution >= 4 is 17.6 Å². The number of fused-ring (bicyclic) bond motifs is 3.